The molecule has 0 saturated heterocycles. The van der Waals surface area contributed by atoms with Crippen molar-refractivity contribution < 1.29 is 28.0 Å². The SMILES string of the molecule is CC1=NN(C(=O)c2cccc(Cn3cc(Br)c([N+](=O)[O-])n3)c2)[C@@](O)(C(F)(F)F)C1. The first-order valence-corrected chi connectivity index (χ1v) is 8.85. The number of hydrazone groups is 1. The fourth-order valence-corrected chi connectivity index (χ4v) is 3.32. The number of hydrogen-bond donors (Lipinski definition) is 1. The molecule has 0 bridgehead atoms. The maximum Gasteiger partial charge on any atom is 0.438 e. The molecule has 9 nitrogen and oxygen atoms in total. The number of nitrogens with zero attached hydrogens (tertiary/aromatic N) is 5. The van der Waals surface area contributed by atoms with E-state index in [0.29, 0.717) is 5.56 Å². The minimum Gasteiger partial charge on any atom is -0.362 e. The lowest BCUT2D eigenvalue weighted by atomic mass is 10.1. The van der Waals surface area contributed by atoms with Gasteiger partial charge in [0.1, 0.15) is 4.47 Å². The molecule has 1 atom stereocenters. The van der Waals surface area contributed by atoms with E-state index in [0.717, 1.165) is 0 Å². The van der Waals surface area contributed by atoms with Gasteiger partial charge in [-0.15, -0.1) is 0 Å². The third-order valence-electron chi connectivity index (χ3n) is 4.16. The Balaban J connectivity index is 1.88. The number of amides is 1. The van der Waals surface area contributed by atoms with Crippen LogP contribution in [-0.4, -0.2) is 48.3 Å². The first-order chi connectivity index (χ1) is 13.4. The van der Waals surface area contributed by atoms with Gasteiger partial charge in [0.15, 0.2) is 0 Å². The van der Waals surface area contributed by atoms with Crippen molar-refractivity contribution in [3.8, 4) is 0 Å². The van der Waals surface area contributed by atoms with Crippen molar-refractivity contribution in [1.82, 2.24) is 14.8 Å². The summed E-state index contributed by atoms with van der Waals surface area (Å²) in [6.07, 6.45) is -4.57. The second-order valence-corrected chi connectivity index (χ2v) is 7.25. The lowest BCUT2D eigenvalue weighted by molar-refractivity contribution is -0.390. The predicted octanol–water partition coefficient (Wildman–Crippen LogP) is 3.07. The van der Waals surface area contributed by atoms with Gasteiger partial charge in [0.2, 0.25) is 0 Å². The highest BCUT2D eigenvalue weighted by atomic mass is 79.9. The van der Waals surface area contributed by atoms with Gasteiger partial charge in [0, 0.05) is 17.7 Å². The molecule has 13 heteroatoms. The fraction of sp³-hybridized carbons (Fsp3) is 0.312. The van der Waals surface area contributed by atoms with Gasteiger partial charge in [0.05, 0.1) is 17.8 Å². The van der Waals surface area contributed by atoms with Crippen molar-refractivity contribution in [2.24, 2.45) is 5.10 Å². The molecule has 154 valence electrons. The van der Waals surface area contributed by atoms with Crippen LogP contribution in [0.5, 0.6) is 0 Å². The van der Waals surface area contributed by atoms with Gasteiger partial charge in [-0.2, -0.15) is 28.0 Å². The van der Waals surface area contributed by atoms with Crippen LogP contribution in [0.15, 0.2) is 40.0 Å². The molecule has 0 spiro atoms. The number of aliphatic hydroxyl groups is 1. The number of hydrogen-bond acceptors (Lipinski definition) is 6. The van der Waals surface area contributed by atoms with E-state index in [1.165, 1.54) is 36.0 Å². The Morgan fingerprint density at radius 3 is 2.72 bits per heavy atom. The molecule has 29 heavy (non-hydrogen) atoms. The quantitative estimate of drug-likeness (QED) is 0.539. The van der Waals surface area contributed by atoms with E-state index >= 15 is 0 Å². The molecule has 0 aliphatic carbocycles. The predicted molar refractivity (Wildman–Crippen MR) is 97.0 cm³/mol. The van der Waals surface area contributed by atoms with Crippen LogP contribution in [-0.2, 0) is 6.54 Å². The number of alkyl halides is 3. The minimum absolute atomic E-state index is 0.0272. The van der Waals surface area contributed by atoms with Crippen LogP contribution in [0.3, 0.4) is 0 Å². The molecule has 1 aromatic heterocycles. The van der Waals surface area contributed by atoms with Crippen LogP contribution in [0.2, 0.25) is 0 Å². The van der Waals surface area contributed by atoms with Crippen molar-refractivity contribution in [3.05, 3.63) is 56.2 Å². The first kappa shape index (κ1) is 20.9. The van der Waals surface area contributed by atoms with Crippen molar-refractivity contribution >= 4 is 33.4 Å². The summed E-state index contributed by atoms with van der Waals surface area (Å²) < 4.78 is 41.4. The van der Waals surface area contributed by atoms with E-state index in [2.05, 4.69) is 26.1 Å². The summed E-state index contributed by atoms with van der Waals surface area (Å²) in [6.45, 7) is 1.31. The fourth-order valence-electron chi connectivity index (χ4n) is 2.86. The van der Waals surface area contributed by atoms with Gasteiger partial charge in [-0.1, -0.05) is 12.1 Å². The van der Waals surface area contributed by atoms with Crippen molar-refractivity contribution in [2.75, 3.05) is 0 Å². The van der Waals surface area contributed by atoms with Crippen molar-refractivity contribution in [3.63, 3.8) is 0 Å². The molecule has 1 amide bonds. The van der Waals surface area contributed by atoms with Crippen LogP contribution in [0.1, 0.15) is 29.3 Å². The number of halogens is 4. The van der Waals surface area contributed by atoms with Gasteiger partial charge < -0.3 is 15.2 Å². The molecular weight excluding hydrogens is 463 g/mol. The Kier molecular flexibility index (Phi) is 5.21. The van der Waals surface area contributed by atoms with Gasteiger partial charge in [0.25, 0.3) is 11.6 Å². The molecule has 1 aliphatic rings. The van der Waals surface area contributed by atoms with Gasteiger partial charge in [-0.3, -0.25) is 4.79 Å². The van der Waals surface area contributed by atoms with E-state index in [1.54, 1.807) is 6.07 Å². The van der Waals surface area contributed by atoms with Crippen LogP contribution < -0.4 is 0 Å². The van der Waals surface area contributed by atoms with Crippen LogP contribution in [0.4, 0.5) is 19.0 Å². The molecule has 0 unspecified atom stereocenters. The van der Waals surface area contributed by atoms with E-state index < -0.39 is 35.0 Å². The smallest absolute Gasteiger partial charge is 0.362 e. The zero-order chi connectivity index (χ0) is 21.6. The second-order valence-electron chi connectivity index (χ2n) is 6.40. The molecule has 2 aromatic rings. The summed E-state index contributed by atoms with van der Waals surface area (Å²) in [5, 5.41) is 28.3. The zero-order valence-electron chi connectivity index (χ0n) is 14.7. The molecule has 1 aromatic carbocycles. The van der Waals surface area contributed by atoms with Gasteiger partial charge in [-0.25, -0.2) is 0 Å². The Bertz CT molecular complexity index is 1020. The molecule has 1 aliphatic heterocycles. The summed E-state index contributed by atoms with van der Waals surface area (Å²) in [5.41, 5.74) is -3.14. The second kappa shape index (κ2) is 7.22. The number of rotatable bonds is 4. The highest BCUT2D eigenvalue weighted by Gasteiger charge is 2.62. The third-order valence-corrected chi connectivity index (χ3v) is 4.72. The third kappa shape index (κ3) is 3.87. The molecule has 3 rings (SSSR count). The molecule has 0 saturated carbocycles. The minimum atomic E-state index is -5.10. The number of aromatic nitrogens is 2. The molecule has 1 N–H and O–H groups in total. The molecule has 2 heterocycles. The van der Waals surface area contributed by atoms with Crippen LogP contribution in [0, 0.1) is 10.1 Å². The van der Waals surface area contributed by atoms with Crippen molar-refractivity contribution in [2.45, 2.75) is 31.8 Å². The lowest BCUT2D eigenvalue weighted by Crippen LogP contribution is -2.56. The van der Waals surface area contributed by atoms with Crippen LogP contribution in [0.25, 0.3) is 0 Å². The van der Waals surface area contributed by atoms with Gasteiger partial charge >= 0.3 is 12.0 Å². The average molecular weight is 476 g/mol. The number of carbonyl (C=O) groups is 1. The summed E-state index contributed by atoms with van der Waals surface area (Å²) >= 11 is 3.02. The van der Waals surface area contributed by atoms with E-state index in [-0.39, 0.29) is 27.3 Å². The molecule has 0 radical (unpaired) electrons. The molecular formula is C16H13BrF3N5O4. The Morgan fingerprint density at radius 2 is 2.14 bits per heavy atom. The largest absolute Gasteiger partial charge is 0.438 e. The topological polar surface area (TPSA) is 114 Å². The Morgan fingerprint density at radius 1 is 1.45 bits per heavy atom. The summed E-state index contributed by atoms with van der Waals surface area (Å²) in [5.74, 6) is -1.52. The summed E-state index contributed by atoms with van der Waals surface area (Å²) in [4.78, 5) is 22.8. The summed E-state index contributed by atoms with van der Waals surface area (Å²) in [7, 11) is 0. The average Bonchev–Trinajstić information content (AvgIpc) is 3.14. The maximum absolute atomic E-state index is 13.3. The first-order valence-electron chi connectivity index (χ1n) is 8.06. The molecule has 0 fully saturated rings. The Hall–Kier alpha value is -2.80. The Labute approximate surface area is 169 Å². The van der Waals surface area contributed by atoms with E-state index in [1.807, 2.05) is 0 Å². The van der Waals surface area contributed by atoms with Crippen LogP contribution >= 0.6 is 15.9 Å². The zero-order valence-corrected chi connectivity index (χ0v) is 16.3. The normalized spacial score (nSPS) is 19.4. The highest BCUT2D eigenvalue weighted by molar-refractivity contribution is 9.10. The van der Waals surface area contributed by atoms with Gasteiger partial charge in [-0.05, 0) is 45.5 Å². The standard InChI is InChI=1S/C16H13BrF3N5O4/c1-9-6-15(27,16(18,19)20)24(21-9)14(26)11-4-2-3-10(5-11)7-23-8-12(17)13(22-23)25(28)29/h2-5,8,27H,6-7H2,1H3/t15-/m0/s1. The monoisotopic (exact) mass is 475 g/mol. The van der Waals surface area contributed by atoms with E-state index in [9.17, 15) is 33.2 Å². The number of benzene rings is 1. The van der Waals surface area contributed by atoms with E-state index in [4.69, 9.17) is 0 Å². The maximum atomic E-state index is 13.3. The highest BCUT2D eigenvalue weighted by Crippen LogP contribution is 2.40. The van der Waals surface area contributed by atoms with Crippen molar-refractivity contribution in [1.29, 1.82) is 0 Å². The lowest BCUT2D eigenvalue weighted by Gasteiger charge is -2.32. The number of carbonyl (C=O) groups excluding carboxylic acids is 1. The summed E-state index contributed by atoms with van der Waals surface area (Å²) in [6, 6.07) is 5.61. The number of nitro groups is 1.